The Labute approximate surface area is 108 Å². The molecule has 0 saturated carbocycles. The minimum atomic E-state index is 0.362. The fourth-order valence-electron chi connectivity index (χ4n) is 1.81. The van der Waals surface area contributed by atoms with Gasteiger partial charge in [-0.1, -0.05) is 59.8 Å². The summed E-state index contributed by atoms with van der Waals surface area (Å²) in [5.74, 6) is 1.19. The summed E-state index contributed by atoms with van der Waals surface area (Å²) < 4.78 is 0. The molecule has 0 amide bonds. The molecule has 0 unspecified atom stereocenters. The Morgan fingerprint density at radius 1 is 0.941 bits per heavy atom. The van der Waals surface area contributed by atoms with Crippen LogP contribution in [0.25, 0.3) is 0 Å². The van der Waals surface area contributed by atoms with Crippen LogP contribution in [0.3, 0.4) is 0 Å². The topological polar surface area (TPSA) is 29.1 Å². The highest BCUT2D eigenvalue weighted by atomic mass is 16.1. The highest BCUT2D eigenvalue weighted by Gasteiger charge is 2.02. The lowest BCUT2D eigenvalue weighted by Gasteiger charge is -2.07. The van der Waals surface area contributed by atoms with Gasteiger partial charge in [0.2, 0.25) is 0 Å². The number of rotatable bonds is 11. The Balaban J connectivity index is 3.19. The zero-order valence-corrected chi connectivity index (χ0v) is 12.2. The molecule has 102 valence electrons. The Morgan fingerprint density at radius 3 is 2.12 bits per heavy atom. The summed E-state index contributed by atoms with van der Waals surface area (Å²) in [6, 6.07) is 0.412. The van der Waals surface area contributed by atoms with E-state index in [9.17, 15) is 4.79 Å². The van der Waals surface area contributed by atoms with Gasteiger partial charge in [-0.3, -0.25) is 4.79 Å². The monoisotopic (exact) mass is 241 g/mol. The third-order valence-electron chi connectivity index (χ3n) is 2.94. The van der Waals surface area contributed by atoms with Crippen molar-refractivity contribution in [2.24, 2.45) is 5.92 Å². The molecule has 0 aliphatic rings. The number of unbranched alkanes of at least 4 members (excludes halogenated alkanes) is 4. The average molecular weight is 241 g/mol. The van der Waals surface area contributed by atoms with Gasteiger partial charge in [-0.25, -0.2) is 0 Å². The predicted octanol–water partition coefficient (Wildman–Crippen LogP) is 3.94. The molecule has 2 heteroatoms. The highest BCUT2D eigenvalue weighted by Crippen LogP contribution is 2.11. The molecule has 0 aromatic carbocycles. The van der Waals surface area contributed by atoms with E-state index < -0.39 is 0 Å². The smallest absolute Gasteiger partial charge is 0.146 e. The van der Waals surface area contributed by atoms with Gasteiger partial charge in [-0.2, -0.15) is 0 Å². The number of carbonyl (C=O) groups is 1. The number of nitrogens with one attached hydrogen (secondary N) is 1. The quantitative estimate of drug-likeness (QED) is 0.555. The first-order valence-corrected chi connectivity index (χ1v) is 7.27. The first kappa shape index (κ1) is 16.6. The molecular weight excluding hydrogens is 210 g/mol. The average Bonchev–Trinajstić information content (AvgIpc) is 2.24. The summed E-state index contributed by atoms with van der Waals surface area (Å²) in [6.45, 7) is 9.25. The van der Waals surface area contributed by atoms with E-state index in [2.05, 4.69) is 33.0 Å². The Hall–Kier alpha value is -0.370. The summed E-state index contributed by atoms with van der Waals surface area (Å²) in [7, 11) is 0. The number of Topliss-reactive ketones (excluding diaryl/α,β-unsaturated/α-hetero) is 1. The van der Waals surface area contributed by atoms with Crippen molar-refractivity contribution in [3.63, 3.8) is 0 Å². The Kier molecular flexibility index (Phi) is 10.5. The second-order valence-corrected chi connectivity index (χ2v) is 5.77. The molecule has 0 radical (unpaired) electrons. The third-order valence-corrected chi connectivity index (χ3v) is 2.94. The van der Waals surface area contributed by atoms with Crippen molar-refractivity contribution in [3.8, 4) is 0 Å². The van der Waals surface area contributed by atoms with Gasteiger partial charge >= 0.3 is 0 Å². The van der Waals surface area contributed by atoms with E-state index in [1.54, 1.807) is 0 Å². The van der Waals surface area contributed by atoms with Gasteiger partial charge in [0.05, 0.1) is 6.54 Å². The van der Waals surface area contributed by atoms with Crippen molar-refractivity contribution in [1.82, 2.24) is 5.32 Å². The maximum atomic E-state index is 11.5. The van der Waals surface area contributed by atoms with Gasteiger partial charge in [0.25, 0.3) is 0 Å². The molecule has 0 saturated heterocycles. The van der Waals surface area contributed by atoms with Crippen LogP contribution in [0, 0.1) is 5.92 Å². The number of carbonyl (C=O) groups excluding carboxylic acids is 1. The van der Waals surface area contributed by atoms with E-state index in [0.717, 1.165) is 18.8 Å². The normalized spacial score (nSPS) is 11.4. The van der Waals surface area contributed by atoms with Crippen LogP contribution in [-0.2, 0) is 4.79 Å². The molecule has 0 fully saturated rings. The predicted molar refractivity (Wildman–Crippen MR) is 75.3 cm³/mol. The lowest BCUT2D eigenvalue weighted by Crippen LogP contribution is -2.28. The van der Waals surface area contributed by atoms with E-state index in [4.69, 9.17) is 0 Å². The molecule has 0 bridgehead atoms. The highest BCUT2D eigenvalue weighted by molar-refractivity contribution is 5.80. The minimum absolute atomic E-state index is 0.362. The summed E-state index contributed by atoms with van der Waals surface area (Å²) >= 11 is 0. The van der Waals surface area contributed by atoms with E-state index in [1.807, 2.05) is 0 Å². The SMILES string of the molecule is CC(C)CCCCCCCC(=O)CNC(C)C. The van der Waals surface area contributed by atoms with Crippen LogP contribution in [0.1, 0.15) is 72.6 Å². The van der Waals surface area contributed by atoms with Crippen molar-refractivity contribution >= 4 is 5.78 Å². The molecule has 17 heavy (non-hydrogen) atoms. The number of hydrogen-bond acceptors (Lipinski definition) is 2. The van der Waals surface area contributed by atoms with Crippen LogP contribution >= 0.6 is 0 Å². The van der Waals surface area contributed by atoms with Crippen LogP contribution in [0.5, 0.6) is 0 Å². The molecular formula is C15H31NO. The van der Waals surface area contributed by atoms with E-state index in [0.29, 0.717) is 18.4 Å². The first-order valence-electron chi connectivity index (χ1n) is 7.27. The first-order chi connectivity index (χ1) is 8.02. The Morgan fingerprint density at radius 2 is 1.53 bits per heavy atom. The van der Waals surface area contributed by atoms with Crippen molar-refractivity contribution in [3.05, 3.63) is 0 Å². The molecule has 0 aliphatic heterocycles. The third kappa shape index (κ3) is 13.6. The van der Waals surface area contributed by atoms with Crippen LogP contribution in [0.4, 0.5) is 0 Å². The fourth-order valence-corrected chi connectivity index (χ4v) is 1.81. The summed E-state index contributed by atoms with van der Waals surface area (Å²) in [5.41, 5.74) is 0. The molecule has 0 aliphatic carbocycles. The molecule has 2 nitrogen and oxygen atoms in total. The molecule has 0 aromatic heterocycles. The Bertz CT molecular complexity index is 187. The van der Waals surface area contributed by atoms with Crippen molar-refractivity contribution in [2.45, 2.75) is 78.7 Å². The largest absolute Gasteiger partial charge is 0.308 e. The summed E-state index contributed by atoms with van der Waals surface area (Å²) in [4.78, 5) is 11.5. The number of ketones is 1. The maximum Gasteiger partial charge on any atom is 0.146 e. The van der Waals surface area contributed by atoms with Crippen LogP contribution in [0.15, 0.2) is 0 Å². The summed E-state index contributed by atoms with van der Waals surface area (Å²) in [5, 5.41) is 3.17. The molecule has 1 N–H and O–H groups in total. The number of hydrogen-bond donors (Lipinski definition) is 1. The van der Waals surface area contributed by atoms with Crippen LogP contribution in [0.2, 0.25) is 0 Å². The standard InChI is InChI=1S/C15H31NO/c1-13(2)10-8-6-5-7-9-11-15(17)12-16-14(3)4/h13-14,16H,5-12H2,1-4H3. The van der Waals surface area contributed by atoms with Gasteiger partial charge in [0, 0.05) is 12.5 Å². The molecule has 0 rings (SSSR count). The zero-order valence-electron chi connectivity index (χ0n) is 12.2. The minimum Gasteiger partial charge on any atom is -0.308 e. The summed E-state index contributed by atoms with van der Waals surface area (Å²) in [6.07, 6.45) is 8.35. The maximum absolute atomic E-state index is 11.5. The molecule has 0 aromatic rings. The van der Waals surface area contributed by atoms with Gasteiger partial charge in [0.15, 0.2) is 0 Å². The van der Waals surface area contributed by atoms with Gasteiger partial charge in [-0.15, -0.1) is 0 Å². The second kappa shape index (κ2) is 10.8. The molecule has 0 atom stereocenters. The van der Waals surface area contributed by atoms with Crippen LogP contribution in [-0.4, -0.2) is 18.4 Å². The lowest BCUT2D eigenvalue weighted by molar-refractivity contribution is -0.118. The van der Waals surface area contributed by atoms with Gasteiger partial charge in [0.1, 0.15) is 5.78 Å². The van der Waals surface area contributed by atoms with Gasteiger partial charge in [-0.05, 0) is 12.3 Å². The van der Waals surface area contributed by atoms with E-state index in [1.165, 1.54) is 32.1 Å². The van der Waals surface area contributed by atoms with Crippen molar-refractivity contribution in [2.75, 3.05) is 6.54 Å². The van der Waals surface area contributed by atoms with E-state index in [-0.39, 0.29) is 0 Å². The van der Waals surface area contributed by atoms with Crippen LogP contribution < -0.4 is 5.32 Å². The van der Waals surface area contributed by atoms with Crippen molar-refractivity contribution < 1.29 is 4.79 Å². The van der Waals surface area contributed by atoms with E-state index >= 15 is 0 Å². The second-order valence-electron chi connectivity index (χ2n) is 5.77. The molecule has 0 spiro atoms. The zero-order chi connectivity index (χ0) is 13.1. The van der Waals surface area contributed by atoms with Crippen molar-refractivity contribution in [1.29, 1.82) is 0 Å². The molecule has 0 heterocycles. The van der Waals surface area contributed by atoms with Gasteiger partial charge < -0.3 is 5.32 Å². The lowest BCUT2D eigenvalue weighted by atomic mass is 10.0. The fraction of sp³-hybridized carbons (Fsp3) is 0.933.